The smallest absolute Gasteiger partial charge is 0.443 e. The van der Waals surface area contributed by atoms with Crippen LogP contribution in [0, 0.1) is 33.5 Å². The SMILES string of the molecule is CC1(C)[C@H]2CC[C@]1(C)C(OC(=O)/N=N/C(=O)OC1C[C@@H]3CC[C@@]1(C)C3(C)C)C2. The van der Waals surface area contributed by atoms with E-state index in [1.165, 1.54) is 12.8 Å². The van der Waals surface area contributed by atoms with E-state index in [1.807, 2.05) is 0 Å². The molecule has 28 heavy (non-hydrogen) atoms. The molecule has 4 aliphatic rings. The Balaban J connectivity index is 1.33. The van der Waals surface area contributed by atoms with E-state index in [2.05, 4.69) is 51.8 Å². The molecule has 6 atom stereocenters. The van der Waals surface area contributed by atoms with Crippen LogP contribution in [0.25, 0.3) is 0 Å². The molecular weight excluding hydrogens is 356 g/mol. The van der Waals surface area contributed by atoms with Crippen LogP contribution in [-0.4, -0.2) is 24.4 Å². The van der Waals surface area contributed by atoms with E-state index in [1.54, 1.807) is 0 Å². The largest absolute Gasteiger partial charge is 0.452 e. The summed E-state index contributed by atoms with van der Waals surface area (Å²) in [5.74, 6) is 1.14. The zero-order valence-corrected chi connectivity index (χ0v) is 18.1. The van der Waals surface area contributed by atoms with E-state index in [4.69, 9.17) is 9.47 Å². The monoisotopic (exact) mass is 390 g/mol. The van der Waals surface area contributed by atoms with Crippen molar-refractivity contribution in [1.29, 1.82) is 0 Å². The van der Waals surface area contributed by atoms with Crippen LogP contribution >= 0.6 is 0 Å². The van der Waals surface area contributed by atoms with Crippen molar-refractivity contribution in [2.75, 3.05) is 0 Å². The average molecular weight is 391 g/mol. The summed E-state index contributed by atoms with van der Waals surface area (Å²) in [6.45, 7) is 13.4. The third-order valence-corrected chi connectivity index (χ3v) is 10.1. The van der Waals surface area contributed by atoms with E-state index in [9.17, 15) is 9.59 Å². The van der Waals surface area contributed by atoms with Gasteiger partial charge in [0.15, 0.2) is 0 Å². The molecule has 0 aromatic rings. The molecule has 4 rings (SSSR count). The quantitative estimate of drug-likeness (QED) is 0.530. The van der Waals surface area contributed by atoms with Crippen LogP contribution in [0.15, 0.2) is 10.2 Å². The highest BCUT2D eigenvalue weighted by Crippen LogP contribution is 2.67. The number of fused-ring (bicyclic) bond motifs is 4. The first kappa shape index (κ1) is 19.8. The first-order valence-electron chi connectivity index (χ1n) is 10.7. The maximum atomic E-state index is 12.2. The number of rotatable bonds is 2. The lowest BCUT2D eigenvalue weighted by molar-refractivity contribution is -0.00458. The fourth-order valence-corrected chi connectivity index (χ4v) is 6.99. The van der Waals surface area contributed by atoms with Gasteiger partial charge in [-0.3, -0.25) is 0 Å². The van der Waals surface area contributed by atoms with E-state index in [0.29, 0.717) is 11.8 Å². The molecule has 0 heterocycles. The van der Waals surface area contributed by atoms with Gasteiger partial charge in [-0.15, -0.1) is 0 Å². The van der Waals surface area contributed by atoms with Crippen molar-refractivity contribution in [2.45, 2.75) is 92.3 Å². The van der Waals surface area contributed by atoms with Gasteiger partial charge in [-0.05, 0) is 61.2 Å². The normalized spacial score (nSPS) is 44.9. The standard InChI is InChI=1S/C22H34N2O4/c1-19(2)13-7-9-21(19,5)15(11-13)27-17(25)23-24-18(26)28-16-12-14-8-10-22(16,6)20(14,3)4/h13-16H,7-12H2,1-6H3/b24-23+/t13-,14-,15?,16?,21+,22+/m0/s1. The number of hydrogen-bond donors (Lipinski definition) is 0. The highest BCUT2D eigenvalue weighted by atomic mass is 16.6. The number of ether oxygens (including phenoxy) is 2. The number of carbonyl (C=O) groups excluding carboxylic acids is 2. The topological polar surface area (TPSA) is 77.3 Å². The van der Waals surface area contributed by atoms with Crippen molar-refractivity contribution in [1.82, 2.24) is 0 Å². The summed E-state index contributed by atoms with van der Waals surface area (Å²) >= 11 is 0. The van der Waals surface area contributed by atoms with Crippen LogP contribution in [0.1, 0.15) is 80.1 Å². The molecule has 156 valence electrons. The lowest BCUT2D eigenvalue weighted by atomic mass is 9.70. The molecule has 0 aromatic carbocycles. The first-order chi connectivity index (χ1) is 12.9. The van der Waals surface area contributed by atoms with Crippen LogP contribution in [0.2, 0.25) is 0 Å². The van der Waals surface area contributed by atoms with E-state index in [-0.39, 0.29) is 33.9 Å². The molecule has 2 amide bonds. The molecule has 4 saturated carbocycles. The van der Waals surface area contributed by atoms with Gasteiger partial charge in [0.25, 0.3) is 0 Å². The third-order valence-electron chi connectivity index (χ3n) is 10.1. The predicted molar refractivity (Wildman–Crippen MR) is 104 cm³/mol. The van der Waals surface area contributed by atoms with Crippen LogP contribution in [0.4, 0.5) is 9.59 Å². The molecule has 2 unspecified atom stereocenters. The Labute approximate surface area is 167 Å². The fraction of sp³-hybridized carbons (Fsp3) is 0.909. The van der Waals surface area contributed by atoms with E-state index >= 15 is 0 Å². The van der Waals surface area contributed by atoms with Gasteiger partial charge in [0.05, 0.1) is 0 Å². The molecule has 0 radical (unpaired) electrons. The van der Waals surface area contributed by atoms with Gasteiger partial charge in [0, 0.05) is 10.8 Å². The van der Waals surface area contributed by atoms with Gasteiger partial charge in [0.2, 0.25) is 0 Å². The average Bonchev–Trinajstić information content (AvgIpc) is 3.12. The summed E-state index contributed by atoms with van der Waals surface area (Å²) in [5.41, 5.74) is 0.231. The minimum Gasteiger partial charge on any atom is -0.443 e. The summed E-state index contributed by atoms with van der Waals surface area (Å²) in [5, 5.41) is 7.01. The summed E-state index contributed by atoms with van der Waals surface area (Å²) in [6, 6.07) is 0. The lowest BCUT2D eigenvalue weighted by Crippen LogP contribution is -2.38. The minimum absolute atomic E-state index is 0.0351. The van der Waals surface area contributed by atoms with Crippen molar-refractivity contribution in [3.05, 3.63) is 0 Å². The summed E-state index contributed by atoms with van der Waals surface area (Å²) in [4.78, 5) is 24.3. The number of carbonyl (C=O) groups is 2. The Morgan fingerprint density at radius 2 is 1.07 bits per heavy atom. The molecule has 4 aliphatic carbocycles. The second kappa shape index (κ2) is 6.02. The number of hydrogen-bond acceptors (Lipinski definition) is 4. The molecular formula is C22H34N2O4. The molecule has 0 aromatic heterocycles. The maximum Gasteiger partial charge on any atom is 0.452 e. The van der Waals surface area contributed by atoms with Crippen LogP contribution in [0.5, 0.6) is 0 Å². The van der Waals surface area contributed by atoms with Gasteiger partial charge in [-0.1, -0.05) is 51.8 Å². The van der Waals surface area contributed by atoms with E-state index in [0.717, 1.165) is 25.7 Å². The molecule has 0 aliphatic heterocycles. The van der Waals surface area contributed by atoms with Crippen LogP contribution in [0.3, 0.4) is 0 Å². The van der Waals surface area contributed by atoms with Crippen molar-refractivity contribution in [3.63, 3.8) is 0 Å². The number of amides is 2. The van der Waals surface area contributed by atoms with Crippen molar-refractivity contribution >= 4 is 12.2 Å². The maximum absolute atomic E-state index is 12.2. The summed E-state index contributed by atoms with van der Waals surface area (Å²) in [7, 11) is 0. The molecule has 0 N–H and O–H groups in total. The lowest BCUT2D eigenvalue weighted by Gasteiger charge is -2.38. The van der Waals surface area contributed by atoms with Crippen molar-refractivity contribution in [3.8, 4) is 0 Å². The third kappa shape index (κ3) is 2.51. The molecule has 6 heteroatoms. The highest BCUT2D eigenvalue weighted by molar-refractivity contribution is 5.73. The van der Waals surface area contributed by atoms with Gasteiger partial charge in [-0.2, -0.15) is 0 Å². The van der Waals surface area contributed by atoms with Gasteiger partial charge in [-0.25, -0.2) is 9.59 Å². The van der Waals surface area contributed by atoms with E-state index < -0.39 is 12.2 Å². The zero-order valence-electron chi connectivity index (χ0n) is 18.1. The highest BCUT2D eigenvalue weighted by Gasteiger charge is 2.64. The van der Waals surface area contributed by atoms with Crippen LogP contribution < -0.4 is 0 Å². The van der Waals surface area contributed by atoms with Crippen molar-refractivity contribution in [2.24, 2.45) is 43.7 Å². The molecule has 4 bridgehead atoms. The van der Waals surface area contributed by atoms with Crippen molar-refractivity contribution < 1.29 is 19.1 Å². The number of azo groups is 1. The van der Waals surface area contributed by atoms with Gasteiger partial charge in [0.1, 0.15) is 12.2 Å². The second-order valence-corrected chi connectivity index (χ2v) is 11.2. The summed E-state index contributed by atoms with van der Waals surface area (Å²) < 4.78 is 11.2. The molecule has 0 spiro atoms. The van der Waals surface area contributed by atoms with Crippen LogP contribution in [-0.2, 0) is 9.47 Å². The summed E-state index contributed by atoms with van der Waals surface area (Å²) in [6.07, 6.45) is 4.32. The number of nitrogens with zero attached hydrogens (tertiary/aromatic N) is 2. The van der Waals surface area contributed by atoms with Gasteiger partial charge >= 0.3 is 12.2 Å². The molecule has 6 nitrogen and oxygen atoms in total. The Morgan fingerprint density at radius 3 is 1.32 bits per heavy atom. The first-order valence-corrected chi connectivity index (χ1v) is 10.7. The Morgan fingerprint density at radius 1 is 0.714 bits per heavy atom. The molecule has 4 fully saturated rings. The minimum atomic E-state index is -0.786. The molecule has 0 saturated heterocycles. The fourth-order valence-electron chi connectivity index (χ4n) is 6.99. The predicted octanol–water partition coefficient (Wildman–Crippen LogP) is 6.14. The Kier molecular flexibility index (Phi) is 4.27. The van der Waals surface area contributed by atoms with Gasteiger partial charge < -0.3 is 9.47 Å². The Hall–Kier alpha value is -1.46. The Bertz CT molecular complexity index is 670. The second-order valence-electron chi connectivity index (χ2n) is 11.2. The zero-order chi connectivity index (χ0) is 20.5.